The summed E-state index contributed by atoms with van der Waals surface area (Å²) in [5.74, 6) is 0.165. The summed E-state index contributed by atoms with van der Waals surface area (Å²) in [6.07, 6.45) is 4.03. The van der Waals surface area contributed by atoms with Gasteiger partial charge in [0, 0.05) is 18.8 Å². The second-order valence-corrected chi connectivity index (χ2v) is 4.78. The molecule has 0 amide bonds. The fourth-order valence-corrected chi connectivity index (χ4v) is 1.57. The van der Waals surface area contributed by atoms with E-state index in [0.29, 0.717) is 12.8 Å². The van der Waals surface area contributed by atoms with Gasteiger partial charge in [-0.3, -0.25) is 9.59 Å². The van der Waals surface area contributed by atoms with E-state index in [1.54, 1.807) is 6.08 Å². The molecule has 0 unspecified atom stereocenters. The number of carbonyl (C=O) groups excluding carboxylic acids is 2. The first kappa shape index (κ1) is 14.4. The second kappa shape index (κ2) is 6.90. The molecule has 0 aliphatic heterocycles. The first-order chi connectivity index (χ1) is 8.50. The van der Waals surface area contributed by atoms with Crippen LogP contribution in [0.2, 0.25) is 0 Å². The standard InChI is InChI=1S/C16H20O2/c1-12(2)16(18)11-10-15(17)9-8-14-7-5-4-6-13(14)3/h4-9,12H,10-11H2,1-3H3/b9-8+. The predicted octanol–water partition coefficient (Wildman–Crippen LogP) is 3.58. The van der Waals surface area contributed by atoms with Crippen LogP contribution in [-0.4, -0.2) is 11.6 Å². The Bertz CT molecular complexity index is 456. The van der Waals surface area contributed by atoms with E-state index in [1.165, 1.54) is 0 Å². The van der Waals surface area contributed by atoms with Crippen LogP contribution in [0.4, 0.5) is 0 Å². The van der Waals surface area contributed by atoms with Gasteiger partial charge in [-0.1, -0.05) is 44.2 Å². The zero-order valence-corrected chi connectivity index (χ0v) is 11.3. The maximum atomic E-state index is 11.6. The minimum atomic E-state index is 0.00672. The van der Waals surface area contributed by atoms with Crippen LogP contribution in [0.5, 0.6) is 0 Å². The van der Waals surface area contributed by atoms with Gasteiger partial charge in [-0.15, -0.1) is 0 Å². The highest BCUT2D eigenvalue weighted by atomic mass is 16.1. The fraction of sp³-hybridized carbons (Fsp3) is 0.375. The molecule has 1 aromatic carbocycles. The normalized spacial score (nSPS) is 11.1. The highest BCUT2D eigenvalue weighted by Gasteiger charge is 2.08. The van der Waals surface area contributed by atoms with Crippen LogP contribution >= 0.6 is 0 Å². The van der Waals surface area contributed by atoms with Gasteiger partial charge in [0.15, 0.2) is 5.78 Å². The maximum Gasteiger partial charge on any atom is 0.156 e. The number of aryl methyl sites for hydroxylation is 1. The third-order valence-electron chi connectivity index (χ3n) is 2.90. The van der Waals surface area contributed by atoms with Gasteiger partial charge < -0.3 is 0 Å². The van der Waals surface area contributed by atoms with Crippen molar-refractivity contribution in [3.63, 3.8) is 0 Å². The van der Waals surface area contributed by atoms with Crippen LogP contribution in [0.1, 0.15) is 37.8 Å². The largest absolute Gasteiger partial charge is 0.299 e. The average molecular weight is 244 g/mol. The highest BCUT2D eigenvalue weighted by Crippen LogP contribution is 2.09. The molecule has 0 spiro atoms. The monoisotopic (exact) mass is 244 g/mol. The molecule has 1 aromatic rings. The van der Waals surface area contributed by atoms with Crippen molar-refractivity contribution in [1.82, 2.24) is 0 Å². The number of carbonyl (C=O) groups is 2. The topological polar surface area (TPSA) is 34.1 Å². The quantitative estimate of drug-likeness (QED) is 0.717. The van der Waals surface area contributed by atoms with Gasteiger partial charge in [-0.2, -0.15) is 0 Å². The summed E-state index contributed by atoms with van der Waals surface area (Å²) in [6, 6.07) is 7.89. The minimum absolute atomic E-state index is 0.00672. The third-order valence-corrected chi connectivity index (χ3v) is 2.90. The van der Waals surface area contributed by atoms with Crippen molar-refractivity contribution in [3.8, 4) is 0 Å². The van der Waals surface area contributed by atoms with E-state index < -0.39 is 0 Å². The molecular weight excluding hydrogens is 224 g/mol. The number of hydrogen-bond acceptors (Lipinski definition) is 2. The van der Waals surface area contributed by atoms with Crippen molar-refractivity contribution in [2.75, 3.05) is 0 Å². The van der Waals surface area contributed by atoms with Crippen molar-refractivity contribution in [1.29, 1.82) is 0 Å². The van der Waals surface area contributed by atoms with Crippen LogP contribution in [0.15, 0.2) is 30.3 Å². The van der Waals surface area contributed by atoms with E-state index in [1.807, 2.05) is 51.1 Å². The second-order valence-electron chi connectivity index (χ2n) is 4.78. The molecule has 2 heteroatoms. The number of allylic oxidation sites excluding steroid dienone is 1. The Morgan fingerprint density at radius 3 is 2.44 bits per heavy atom. The number of ketones is 2. The molecule has 0 heterocycles. The first-order valence-electron chi connectivity index (χ1n) is 6.30. The molecule has 0 saturated heterocycles. The van der Waals surface area contributed by atoms with Crippen molar-refractivity contribution in [3.05, 3.63) is 41.5 Å². The molecule has 0 radical (unpaired) electrons. The summed E-state index contributed by atoms with van der Waals surface area (Å²) in [5.41, 5.74) is 2.18. The molecule has 0 aliphatic rings. The number of rotatable bonds is 6. The van der Waals surface area contributed by atoms with Crippen molar-refractivity contribution in [2.45, 2.75) is 33.6 Å². The SMILES string of the molecule is Cc1ccccc1/C=C/C(=O)CCC(=O)C(C)C. The molecule has 0 N–H and O–H groups in total. The molecule has 0 atom stereocenters. The Hall–Kier alpha value is -1.70. The van der Waals surface area contributed by atoms with Crippen LogP contribution in [0, 0.1) is 12.8 Å². The van der Waals surface area contributed by atoms with Crippen LogP contribution in [-0.2, 0) is 9.59 Å². The highest BCUT2D eigenvalue weighted by molar-refractivity contribution is 5.96. The predicted molar refractivity (Wildman–Crippen MR) is 74.3 cm³/mol. The smallest absolute Gasteiger partial charge is 0.156 e. The lowest BCUT2D eigenvalue weighted by molar-refractivity contribution is -0.124. The molecule has 0 aliphatic carbocycles. The van der Waals surface area contributed by atoms with E-state index >= 15 is 0 Å². The van der Waals surface area contributed by atoms with E-state index in [9.17, 15) is 9.59 Å². The Labute approximate surface area is 109 Å². The fourth-order valence-electron chi connectivity index (χ4n) is 1.57. The van der Waals surface area contributed by atoms with Gasteiger partial charge in [0.1, 0.15) is 5.78 Å². The summed E-state index contributed by atoms with van der Waals surface area (Å²) < 4.78 is 0. The summed E-state index contributed by atoms with van der Waals surface area (Å²) in [4.78, 5) is 23.0. The van der Waals surface area contributed by atoms with E-state index in [2.05, 4.69) is 0 Å². The van der Waals surface area contributed by atoms with Gasteiger partial charge in [0.2, 0.25) is 0 Å². The summed E-state index contributed by atoms with van der Waals surface area (Å²) in [7, 11) is 0. The summed E-state index contributed by atoms with van der Waals surface area (Å²) in [5, 5.41) is 0. The Balaban J connectivity index is 2.50. The molecule has 0 bridgehead atoms. The molecule has 96 valence electrons. The Morgan fingerprint density at radius 2 is 1.83 bits per heavy atom. The van der Waals surface area contributed by atoms with Crippen LogP contribution < -0.4 is 0 Å². The summed E-state index contributed by atoms with van der Waals surface area (Å²) in [6.45, 7) is 5.72. The molecule has 1 rings (SSSR count). The molecule has 2 nitrogen and oxygen atoms in total. The summed E-state index contributed by atoms with van der Waals surface area (Å²) >= 11 is 0. The van der Waals surface area contributed by atoms with Gasteiger partial charge in [0.05, 0.1) is 0 Å². The first-order valence-corrected chi connectivity index (χ1v) is 6.30. The maximum absolute atomic E-state index is 11.6. The number of hydrogen-bond donors (Lipinski definition) is 0. The van der Waals surface area contributed by atoms with E-state index in [-0.39, 0.29) is 17.5 Å². The number of Topliss-reactive ketones (excluding diaryl/α,β-unsaturated/α-hetero) is 1. The molecular formula is C16H20O2. The molecule has 0 saturated carbocycles. The van der Waals surface area contributed by atoms with E-state index in [4.69, 9.17) is 0 Å². The zero-order chi connectivity index (χ0) is 13.5. The van der Waals surface area contributed by atoms with Crippen LogP contribution in [0.25, 0.3) is 6.08 Å². The van der Waals surface area contributed by atoms with Crippen molar-refractivity contribution >= 4 is 17.6 Å². The lowest BCUT2D eigenvalue weighted by atomic mass is 10.0. The minimum Gasteiger partial charge on any atom is -0.299 e. The van der Waals surface area contributed by atoms with Gasteiger partial charge in [-0.25, -0.2) is 0 Å². The number of benzene rings is 1. The lowest BCUT2D eigenvalue weighted by Gasteiger charge is -2.01. The average Bonchev–Trinajstić information content (AvgIpc) is 2.34. The Kier molecular flexibility index (Phi) is 5.50. The molecule has 18 heavy (non-hydrogen) atoms. The third kappa shape index (κ3) is 4.66. The van der Waals surface area contributed by atoms with Gasteiger partial charge in [0.25, 0.3) is 0 Å². The van der Waals surface area contributed by atoms with Gasteiger partial charge in [-0.05, 0) is 24.1 Å². The Morgan fingerprint density at radius 1 is 1.17 bits per heavy atom. The van der Waals surface area contributed by atoms with Crippen LogP contribution in [0.3, 0.4) is 0 Å². The van der Waals surface area contributed by atoms with Crippen molar-refractivity contribution in [2.24, 2.45) is 5.92 Å². The molecule has 0 fully saturated rings. The lowest BCUT2D eigenvalue weighted by Crippen LogP contribution is -2.08. The van der Waals surface area contributed by atoms with E-state index in [0.717, 1.165) is 11.1 Å². The zero-order valence-electron chi connectivity index (χ0n) is 11.3. The molecule has 0 aromatic heterocycles. The van der Waals surface area contributed by atoms with Gasteiger partial charge >= 0.3 is 0 Å². The van der Waals surface area contributed by atoms with Crippen molar-refractivity contribution < 1.29 is 9.59 Å².